The highest BCUT2D eigenvalue weighted by molar-refractivity contribution is 6.32. The van der Waals surface area contributed by atoms with Gasteiger partial charge >= 0.3 is 12.0 Å². The van der Waals surface area contributed by atoms with Crippen LogP contribution in [-0.4, -0.2) is 27.0 Å². The van der Waals surface area contributed by atoms with Crippen LogP contribution in [-0.2, 0) is 0 Å². The highest BCUT2D eigenvalue weighted by atomic mass is 35.5. The third-order valence-electron chi connectivity index (χ3n) is 2.12. The molecule has 2 aromatic rings. The van der Waals surface area contributed by atoms with Gasteiger partial charge in [-0.25, -0.2) is 0 Å². The van der Waals surface area contributed by atoms with Crippen molar-refractivity contribution in [2.75, 3.05) is 12.8 Å². The number of hydrogen-bond acceptors (Lipinski definition) is 8. The van der Waals surface area contributed by atoms with Gasteiger partial charge in [-0.3, -0.25) is 10.1 Å². The van der Waals surface area contributed by atoms with Crippen LogP contribution < -0.4 is 15.2 Å². The fraction of sp³-hybridized carbons (Fsp3) is 0.100. The third-order valence-corrected chi connectivity index (χ3v) is 2.43. The largest absolute Gasteiger partial charge is 0.467 e. The van der Waals surface area contributed by atoms with Gasteiger partial charge in [-0.15, -0.1) is 4.98 Å². The quantitative estimate of drug-likeness (QED) is 0.668. The minimum Gasteiger partial charge on any atom is -0.467 e. The van der Waals surface area contributed by atoms with Gasteiger partial charge in [0, 0.05) is 6.07 Å². The monoisotopic (exact) mass is 297 g/mol. The Kier molecular flexibility index (Phi) is 3.80. The molecular formula is C10H8ClN5O4. The molecule has 0 radical (unpaired) electrons. The number of ether oxygens (including phenoxy) is 2. The van der Waals surface area contributed by atoms with E-state index in [1.807, 2.05) is 0 Å². The number of nitro benzene ring substituents is 1. The summed E-state index contributed by atoms with van der Waals surface area (Å²) < 4.78 is 10.1. The minimum atomic E-state index is -0.578. The molecule has 9 nitrogen and oxygen atoms in total. The lowest BCUT2D eigenvalue weighted by atomic mass is 10.3. The Morgan fingerprint density at radius 3 is 2.65 bits per heavy atom. The van der Waals surface area contributed by atoms with Crippen molar-refractivity contribution >= 4 is 23.2 Å². The van der Waals surface area contributed by atoms with Gasteiger partial charge in [0.2, 0.25) is 5.95 Å². The maximum atomic E-state index is 10.7. The molecule has 1 heterocycles. The van der Waals surface area contributed by atoms with E-state index >= 15 is 0 Å². The maximum absolute atomic E-state index is 10.7. The van der Waals surface area contributed by atoms with Crippen LogP contribution in [0.25, 0.3) is 0 Å². The van der Waals surface area contributed by atoms with Gasteiger partial charge < -0.3 is 15.2 Å². The highest BCUT2D eigenvalue weighted by Crippen LogP contribution is 2.31. The predicted octanol–water partition coefficient (Wildman–Crippen LogP) is 1.82. The molecule has 0 bridgehead atoms. The molecule has 0 aliphatic heterocycles. The van der Waals surface area contributed by atoms with E-state index in [9.17, 15) is 10.1 Å². The molecular weight excluding hydrogens is 290 g/mol. The van der Waals surface area contributed by atoms with Crippen LogP contribution in [0.3, 0.4) is 0 Å². The number of anilines is 1. The number of nitrogen functional groups attached to an aromatic ring is 1. The van der Waals surface area contributed by atoms with Crippen molar-refractivity contribution in [1.82, 2.24) is 15.0 Å². The Bertz CT molecular complexity index is 666. The molecule has 0 saturated heterocycles. The lowest BCUT2D eigenvalue weighted by Crippen LogP contribution is -2.03. The lowest BCUT2D eigenvalue weighted by Gasteiger charge is -2.06. The molecule has 20 heavy (non-hydrogen) atoms. The third kappa shape index (κ3) is 3.01. The molecule has 0 saturated carbocycles. The zero-order chi connectivity index (χ0) is 14.7. The summed E-state index contributed by atoms with van der Waals surface area (Å²) in [6.45, 7) is 0. The van der Waals surface area contributed by atoms with Gasteiger partial charge in [-0.2, -0.15) is 9.97 Å². The summed E-state index contributed by atoms with van der Waals surface area (Å²) in [6, 6.07) is 3.49. The average molecular weight is 298 g/mol. The van der Waals surface area contributed by atoms with Gasteiger partial charge in [0.25, 0.3) is 5.69 Å². The molecule has 1 aromatic carbocycles. The fourth-order valence-corrected chi connectivity index (χ4v) is 1.43. The molecule has 0 aliphatic carbocycles. The van der Waals surface area contributed by atoms with Crippen molar-refractivity contribution in [1.29, 1.82) is 0 Å². The van der Waals surface area contributed by atoms with E-state index in [2.05, 4.69) is 15.0 Å². The van der Waals surface area contributed by atoms with Crippen LogP contribution in [0.15, 0.2) is 18.2 Å². The number of hydrogen-bond donors (Lipinski definition) is 1. The Hall–Kier alpha value is -2.68. The number of rotatable bonds is 4. The normalized spacial score (nSPS) is 10.1. The summed E-state index contributed by atoms with van der Waals surface area (Å²) in [6.07, 6.45) is 0. The molecule has 0 aliphatic rings. The molecule has 0 atom stereocenters. The van der Waals surface area contributed by atoms with E-state index < -0.39 is 4.92 Å². The Morgan fingerprint density at radius 2 is 2.00 bits per heavy atom. The zero-order valence-electron chi connectivity index (χ0n) is 10.1. The molecule has 104 valence electrons. The molecule has 1 aromatic heterocycles. The van der Waals surface area contributed by atoms with Crippen LogP contribution in [0.4, 0.5) is 11.6 Å². The van der Waals surface area contributed by atoms with E-state index in [-0.39, 0.29) is 34.4 Å². The van der Waals surface area contributed by atoms with Crippen LogP contribution in [0, 0.1) is 10.1 Å². The van der Waals surface area contributed by atoms with Gasteiger partial charge in [0.05, 0.1) is 23.1 Å². The summed E-state index contributed by atoms with van der Waals surface area (Å²) in [4.78, 5) is 21.3. The molecule has 0 amide bonds. The zero-order valence-corrected chi connectivity index (χ0v) is 10.9. The van der Waals surface area contributed by atoms with Crippen molar-refractivity contribution in [3.63, 3.8) is 0 Å². The molecule has 2 N–H and O–H groups in total. The molecule has 0 spiro atoms. The van der Waals surface area contributed by atoms with Crippen molar-refractivity contribution < 1.29 is 14.4 Å². The van der Waals surface area contributed by atoms with Crippen LogP contribution in [0.2, 0.25) is 5.02 Å². The van der Waals surface area contributed by atoms with Gasteiger partial charge in [0.1, 0.15) is 0 Å². The van der Waals surface area contributed by atoms with E-state index in [1.165, 1.54) is 19.2 Å². The minimum absolute atomic E-state index is 0.0218. The molecule has 10 heteroatoms. The van der Waals surface area contributed by atoms with Crippen LogP contribution in [0.5, 0.6) is 17.8 Å². The Morgan fingerprint density at radius 1 is 1.30 bits per heavy atom. The number of methoxy groups -OCH3 is 1. The van der Waals surface area contributed by atoms with E-state index in [1.54, 1.807) is 0 Å². The maximum Gasteiger partial charge on any atom is 0.330 e. The van der Waals surface area contributed by atoms with Crippen LogP contribution >= 0.6 is 11.6 Å². The topological polar surface area (TPSA) is 126 Å². The number of nitro groups is 1. The SMILES string of the molecule is COc1nc(N)nc(Oc2cc([N+](=O)[O-])ccc2Cl)n1. The predicted molar refractivity (Wildman–Crippen MR) is 69.0 cm³/mol. The molecule has 2 rings (SSSR count). The van der Waals surface area contributed by atoms with Gasteiger partial charge in [-0.1, -0.05) is 11.6 Å². The van der Waals surface area contributed by atoms with E-state index in [0.29, 0.717) is 0 Å². The summed E-state index contributed by atoms with van der Waals surface area (Å²) in [5.74, 6) is -0.0954. The van der Waals surface area contributed by atoms with Crippen molar-refractivity contribution in [2.45, 2.75) is 0 Å². The first-order valence-electron chi connectivity index (χ1n) is 5.17. The molecule has 0 unspecified atom stereocenters. The Balaban J connectivity index is 2.36. The van der Waals surface area contributed by atoms with Crippen LogP contribution in [0.1, 0.15) is 0 Å². The second-order valence-electron chi connectivity index (χ2n) is 3.44. The summed E-state index contributed by atoms with van der Waals surface area (Å²) >= 11 is 5.88. The smallest absolute Gasteiger partial charge is 0.330 e. The Labute approximate surface area is 117 Å². The average Bonchev–Trinajstić information content (AvgIpc) is 2.40. The fourth-order valence-electron chi connectivity index (χ4n) is 1.27. The number of benzene rings is 1. The molecule has 0 fully saturated rings. The number of halogens is 1. The van der Waals surface area contributed by atoms with Crippen molar-refractivity contribution in [2.24, 2.45) is 0 Å². The first kappa shape index (κ1) is 13.7. The number of nitrogens with two attached hydrogens (primary N) is 1. The van der Waals surface area contributed by atoms with Crippen molar-refractivity contribution in [3.8, 4) is 17.8 Å². The number of aromatic nitrogens is 3. The highest BCUT2D eigenvalue weighted by Gasteiger charge is 2.14. The van der Waals surface area contributed by atoms with Gasteiger partial charge in [-0.05, 0) is 6.07 Å². The second-order valence-corrected chi connectivity index (χ2v) is 3.84. The first-order chi connectivity index (χ1) is 9.49. The first-order valence-corrected chi connectivity index (χ1v) is 5.54. The number of nitrogens with zero attached hydrogens (tertiary/aromatic N) is 4. The summed E-state index contributed by atoms with van der Waals surface area (Å²) in [5, 5.41) is 10.9. The van der Waals surface area contributed by atoms with Crippen molar-refractivity contribution in [3.05, 3.63) is 33.3 Å². The lowest BCUT2D eigenvalue weighted by molar-refractivity contribution is -0.384. The summed E-state index contributed by atoms with van der Waals surface area (Å²) in [5.41, 5.74) is 5.26. The standard InChI is InChI=1S/C10H8ClN5O4/c1-19-9-13-8(12)14-10(15-9)20-7-4-5(16(17)18)2-3-6(7)11/h2-4H,1H3,(H2,12,13,14,15). The van der Waals surface area contributed by atoms with E-state index in [0.717, 1.165) is 6.07 Å². The van der Waals surface area contributed by atoms with E-state index in [4.69, 9.17) is 26.8 Å². The number of non-ortho nitro benzene ring substituents is 1. The summed E-state index contributed by atoms with van der Waals surface area (Å²) in [7, 11) is 1.35. The van der Waals surface area contributed by atoms with Gasteiger partial charge in [0.15, 0.2) is 5.75 Å². The second kappa shape index (κ2) is 5.53.